The number of hydrogen-bond acceptors (Lipinski definition) is 3. The highest BCUT2D eigenvalue weighted by Crippen LogP contribution is 2.42. The smallest absolute Gasteiger partial charge is 0.416 e. The summed E-state index contributed by atoms with van der Waals surface area (Å²) in [7, 11) is 0. The Balaban J connectivity index is 1.67. The maximum absolute atomic E-state index is 13.4. The molecule has 1 atom stereocenters. The molecule has 170 valence electrons. The molecule has 1 N–H and O–H groups in total. The number of halogens is 3. The van der Waals surface area contributed by atoms with Crippen molar-refractivity contribution in [1.29, 1.82) is 0 Å². The summed E-state index contributed by atoms with van der Waals surface area (Å²) in [6.45, 7) is 0. The van der Waals surface area contributed by atoms with Crippen molar-refractivity contribution in [3.8, 4) is 0 Å². The Hall–Kier alpha value is -3.54. The van der Waals surface area contributed by atoms with Crippen LogP contribution < -0.4 is 0 Å². The van der Waals surface area contributed by atoms with Gasteiger partial charge in [0.2, 0.25) is 0 Å². The van der Waals surface area contributed by atoms with Crippen LogP contribution in [0, 0.1) is 0 Å². The fourth-order valence-corrected chi connectivity index (χ4v) is 4.26. The molecule has 6 heteroatoms. The van der Waals surface area contributed by atoms with Crippen LogP contribution >= 0.6 is 0 Å². The number of hydrogen-bond donors (Lipinski definition) is 1. The summed E-state index contributed by atoms with van der Waals surface area (Å²) >= 11 is 0. The molecule has 3 aromatic carbocycles. The first kappa shape index (κ1) is 22.6. The molecule has 0 spiro atoms. The maximum atomic E-state index is 13.4. The molecule has 1 aliphatic heterocycles. The average Bonchev–Trinajstić information content (AvgIpc) is 2.81. The lowest BCUT2D eigenvalue weighted by Crippen LogP contribution is -2.39. The lowest BCUT2D eigenvalue weighted by Gasteiger charge is -2.38. The second-order valence-corrected chi connectivity index (χ2v) is 8.17. The Bertz CT molecular complexity index is 1150. The van der Waals surface area contributed by atoms with Crippen molar-refractivity contribution in [2.45, 2.75) is 37.5 Å². The fourth-order valence-electron chi connectivity index (χ4n) is 4.26. The second-order valence-electron chi connectivity index (χ2n) is 8.17. The van der Waals surface area contributed by atoms with Gasteiger partial charge in [-0.15, -0.1) is 0 Å². The number of benzene rings is 3. The number of aliphatic hydroxyl groups is 1. The van der Waals surface area contributed by atoms with Crippen molar-refractivity contribution in [2.24, 2.45) is 0 Å². The number of cyclic esters (lactones) is 1. The Kier molecular flexibility index (Phi) is 6.27. The third kappa shape index (κ3) is 4.95. The molecule has 4 rings (SSSR count). The molecule has 1 unspecified atom stereocenters. The third-order valence-electron chi connectivity index (χ3n) is 5.99. The molecule has 0 radical (unpaired) electrons. The van der Waals surface area contributed by atoms with Crippen molar-refractivity contribution in [3.63, 3.8) is 0 Å². The molecule has 0 fully saturated rings. The van der Waals surface area contributed by atoms with E-state index in [0.29, 0.717) is 12.8 Å². The summed E-state index contributed by atoms with van der Waals surface area (Å²) in [5.41, 5.74) is -0.376. The number of aliphatic hydroxyl groups excluding tert-OH is 1. The van der Waals surface area contributed by atoms with E-state index >= 15 is 0 Å². The van der Waals surface area contributed by atoms with Crippen LogP contribution in [-0.4, -0.2) is 11.1 Å². The Labute approximate surface area is 190 Å². The van der Waals surface area contributed by atoms with Gasteiger partial charge in [0.1, 0.15) is 11.4 Å². The highest BCUT2D eigenvalue weighted by Gasteiger charge is 2.43. The summed E-state index contributed by atoms with van der Waals surface area (Å²) in [5, 5.41) is 10.9. The average molecular weight is 452 g/mol. The highest BCUT2D eigenvalue weighted by atomic mass is 19.4. The van der Waals surface area contributed by atoms with Gasteiger partial charge >= 0.3 is 12.1 Å². The van der Waals surface area contributed by atoms with E-state index in [-0.39, 0.29) is 29.7 Å². The van der Waals surface area contributed by atoms with Crippen LogP contribution in [-0.2, 0) is 34.2 Å². The Morgan fingerprint density at radius 3 is 2.12 bits per heavy atom. The normalized spacial score (nSPS) is 18.8. The van der Waals surface area contributed by atoms with E-state index in [4.69, 9.17) is 4.74 Å². The molecule has 1 heterocycles. The first-order valence-corrected chi connectivity index (χ1v) is 10.7. The number of carbonyl (C=O) groups excluding carboxylic acids is 1. The van der Waals surface area contributed by atoms with Gasteiger partial charge in [-0.1, -0.05) is 78.9 Å². The summed E-state index contributed by atoms with van der Waals surface area (Å²) in [5.74, 6) is -1.03. The third-order valence-corrected chi connectivity index (χ3v) is 5.99. The second kappa shape index (κ2) is 9.14. The first-order chi connectivity index (χ1) is 15.8. The van der Waals surface area contributed by atoms with Crippen molar-refractivity contribution >= 4 is 5.97 Å². The van der Waals surface area contributed by atoms with Crippen LogP contribution in [0.4, 0.5) is 13.2 Å². The number of carbonyl (C=O) groups is 1. The molecular formula is C27H23F3O3. The summed E-state index contributed by atoms with van der Waals surface area (Å²) in [4.78, 5) is 13.0. The van der Waals surface area contributed by atoms with E-state index in [1.54, 1.807) is 0 Å². The lowest BCUT2D eigenvalue weighted by molar-refractivity contribution is -0.161. The van der Waals surface area contributed by atoms with Gasteiger partial charge in [-0.2, -0.15) is 13.2 Å². The monoisotopic (exact) mass is 452 g/mol. The molecule has 1 aliphatic rings. The Morgan fingerprint density at radius 1 is 0.879 bits per heavy atom. The maximum Gasteiger partial charge on any atom is 0.416 e. The highest BCUT2D eigenvalue weighted by molar-refractivity contribution is 5.91. The van der Waals surface area contributed by atoms with Gasteiger partial charge in [0.15, 0.2) is 0 Å². The first-order valence-electron chi connectivity index (χ1n) is 10.7. The van der Waals surface area contributed by atoms with Gasteiger partial charge in [0.05, 0.1) is 11.1 Å². The van der Waals surface area contributed by atoms with E-state index < -0.39 is 23.3 Å². The zero-order valence-electron chi connectivity index (χ0n) is 17.8. The van der Waals surface area contributed by atoms with Gasteiger partial charge < -0.3 is 9.84 Å². The molecule has 3 nitrogen and oxygen atoms in total. The molecule has 3 aromatic rings. The van der Waals surface area contributed by atoms with Crippen LogP contribution in [0.25, 0.3) is 0 Å². The molecule has 0 aromatic heterocycles. The number of rotatable bonds is 6. The van der Waals surface area contributed by atoms with Crippen molar-refractivity contribution in [2.75, 3.05) is 0 Å². The number of ether oxygens (including phenoxy) is 1. The summed E-state index contributed by atoms with van der Waals surface area (Å²) in [6.07, 6.45) is -3.90. The topological polar surface area (TPSA) is 46.5 Å². The predicted octanol–water partition coefficient (Wildman–Crippen LogP) is 6.54. The standard InChI is InChI=1S/C27H23F3O3/c28-27(29,30)23-14-8-7-11-20(23)17-22-24(31)18-26(33-25(22)32,21-12-5-2-6-13-21)16-15-19-9-3-1-4-10-19/h1-14,31H,15-18H2. The minimum Gasteiger partial charge on any atom is -0.512 e. The van der Waals surface area contributed by atoms with Crippen molar-refractivity contribution < 1.29 is 27.8 Å². The predicted molar refractivity (Wildman–Crippen MR) is 118 cm³/mol. The van der Waals surface area contributed by atoms with E-state index in [1.165, 1.54) is 18.2 Å². The molecular weight excluding hydrogens is 429 g/mol. The van der Waals surface area contributed by atoms with Gasteiger partial charge in [-0.05, 0) is 35.6 Å². The summed E-state index contributed by atoms with van der Waals surface area (Å²) < 4.78 is 46.1. The SMILES string of the molecule is O=C1OC(CCc2ccccc2)(c2ccccc2)CC(O)=C1Cc1ccccc1C(F)(F)F. The fraction of sp³-hybridized carbons (Fsp3) is 0.222. The zero-order valence-corrected chi connectivity index (χ0v) is 17.8. The number of aryl methyl sites for hydroxylation is 1. The van der Waals surface area contributed by atoms with Crippen molar-refractivity contribution in [1.82, 2.24) is 0 Å². The zero-order chi connectivity index (χ0) is 23.5. The van der Waals surface area contributed by atoms with Gasteiger partial charge in [-0.3, -0.25) is 0 Å². The van der Waals surface area contributed by atoms with Crippen LogP contribution in [0.1, 0.15) is 35.1 Å². The van der Waals surface area contributed by atoms with Gasteiger partial charge in [0, 0.05) is 12.8 Å². The largest absolute Gasteiger partial charge is 0.512 e. The molecule has 0 saturated heterocycles. The Morgan fingerprint density at radius 2 is 1.48 bits per heavy atom. The van der Waals surface area contributed by atoms with Crippen molar-refractivity contribution in [3.05, 3.63) is 119 Å². The number of alkyl halides is 3. The number of esters is 1. The summed E-state index contributed by atoms with van der Waals surface area (Å²) in [6, 6.07) is 23.9. The molecule has 33 heavy (non-hydrogen) atoms. The molecule has 0 saturated carbocycles. The van der Waals surface area contributed by atoms with E-state index in [2.05, 4.69) is 0 Å². The van der Waals surface area contributed by atoms with Gasteiger partial charge in [-0.25, -0.2) is 4.79 Å². The quantitative estimate of drug-likeness (QED) is 0.432. The minimum atomic E-state index is -4.56. The van der Waals surface area contributed by atoms with Gasteiger partial charge in [0.25, 0.3) is 0 Å². The van der Waals surface area contributed by atoms with Crippen LogP contribution in [0.2, 0.25) is 0 Å². The molecule has 0 bridgehead atoms. The van der Waals surface area contributed by atoms with Crippen LogP contribution in [0.15, 0.2) is 96.3 Å². The van der Waals surface area contributed by atoms with Crippen LogP contribution in [0.3, 0.4) is 0 Å². The van der Waals surface area contributed by atoms with E-state index in [9.17, 15) is 23.1 Å². The van der Waals surface area contributed by atoms with Crippen LogP contribution in [0.5, 0.6) is 0 Å². The minimum absolute atomic E-state index is 0.000888. The lowest BCUT2D eigenvalue weighted by atomic mass is 9.81. The molecule has 0 amide bonds. The molecule has 0 aliphatic carbocycles. The van der Waals surface area contributed by atoms with E-state index in [1.807, 2.05) is 60.7 Å². The van der Waals surface area contributed by atoms with E-state index in [0.717, 1.165) is 17.2 Å².